The van der Waals surface area contributed by atoms with Crippen molar-refractivity contribution in [3.63, 3.8) is 0 Å². The predicted molar refractivity (Wildman–Crippen MR) is 182 cm³/mol. The Labute approximate surface area is 278 Å². The average molecular weight is 644 g/mol. The van der Waals surface area contributed by atoms with Crippen LogP contribution in [0.5, 0.6) is 5.75 Å². The fraction of sp³-hybridized carbons (Fsp3) is 0.500. The molecule has 2 aromatic carbocycles. The van der Waals surface area contributed by atoms with Crippen LogP contribution >= 0.6 is 0 Å². The average Bonchev–Trinajstić information content (AvgIpc) is 3.64. The van der Waals surface area contributed by atoms with Gasteiger partial charge >= 0.3 is 0 Å². The predicted octanol–water partition coefficient (Wildman–Crippen LogP) is 5.31. The fourth-order valence-corrected chi connectivity index (χ4v) is 8.25. The van der Waals surface area contributed by atoms with Gasteiger partial charge in [-0.15, -0.1) is 13.2 Å². The van der Waals surface area contributed by atoms with Crippen molar-refractivity contribution in [2.45, 2.75) is 82.7 Å². The Morgan fingerprint density at radius 1 is 1.06 bits per heavy atom. The van der Waals surface area contributed by atoms with Crippen molar-refractivity contribution < 1.29 is 29.0 Å². The summed E-state index contributed by atoms with van der Waals surface area (Å²) in [5, 5.41) is 10.8. The van der Waals surface area contributed by atoms with Gasteiger partial charge in [0.05, 0.1) is 36.7 Å². The van der Waals surface area contributed by atoms with Crippen LogP contribution in [-0.4, -0.2) is 82.2 Å². The van der Waals surface area contributed by atoms with Crippen LogP contribution in [0.2, 0.25) is 0 Å². The first-order valence-corrected chi connectivity index (χ1v) is 16.9. The number of hydrogen-bond acceptors (Lipinski definition) is 6. The monoisotopic (exact) mass is 643 g/mol. The van der Waals surface area contributed by atoms with E-state index in [1.165, 1.54) is 4.90 Å². The van der Waals surface area contributed by atoms with Gasteiger partial charge < -0.3 is 29.3 Å². The van der Waals surface area contributed by atoms with Crippen LogP contribution < -0.4 is 9.64 Å². The first-order chi connectivity index (χ1) is 22.6. The lowest BCUT2D eigenvalue weighted by molar-refractivity contribution is -0.156. The van der Waals surface area contributed by atoms with E-state index >= 15 is 0 Å². The minimum Gasteiger partial charge on any atom is -0.494 e. The van der Waals surface area contributed by atoms with Crippen molar-refractivity contribution in [1.82, 2.24) is 9.80 Å². The number of hydrogen-bond donors (Lipinski definition) is 1. The lowest BCUT2D eigenvalue weighted by atomic mass is 9.66. The van der Waals surface area contributed by atoms with Crippen LogP contribution in [0.3, 0.4) is 0 Å². The van der Waals surface area contributed by atoms with Crippen LogP contribution in [0.4, 0.5) is 5.69 Å². The SMILES string of the molecule is C=CCN(C(=O)[C@@H]1[C@H]2C(=O)N([C@H](CO)c3ccccc3)C(C(=O)N(CC=C)C(C)CCC)C23CC[C@@]1(C)O3)c1ccc(OCC)cc1. The van der Waals surface area contributed by atoms with E-state index in [1.807, 2.05) is 75.4 Å². The number of aliphatic hydroxyl groups excluding tert-OH is 1. The van der Waals surface area contributed by atoms with Crippen molar-refractivity contribution in [1.29, 1.82) is 0 Å². The second-order valence-corrected chi connectivity index (χ2v) is 13.2. The summed E-state index contributed by atoms with van der Waals surface area (Å²) >= 11 is 0. The van der Waals surface area contributed by atoms with Crippen LogP contribution in [-0.2, 0) is 19.1 Å². The highest BCUT2D eigenvalue weighted by atomic mass is 16.5. The molecule has 1 N–H and O–H groups in total. The molecule has 9 heteroatoms. The zero-order valence-electron chi connectivity index (χ0n) is 28.1. The number of carbonyl (C=O) groups excluding carboxylic acids is 3. The Morgan fingerprint density at radius 3 is 2.34 bits per heavy atom. The molecule has 5 rings (SSSR count). The summed E-state index contributed by atoms with van der Waals surface area (Å²) in [4.78, 5) is 49.6. The number of anilines is 1. The zero-order valence-corrected chi connectivity index (χ0v) is 28.1. The second kappa shape index (κ2) is 14.0. The number of ether oxygens (including phenoxy) is 2. The van der Waals surface area contributed by atoms with E-state index in [9.17, 15) is 19.5 Å². The van der Waals surface area contributed by atoms with Gasteiger partial charge in [-0.1, -0.05) is 55.8 Å². The molecular formula is C38H49N3O6. The molecule has 0 aromatic heterocycles. The zero-order chi connectivity index (χ0) is 33.9. The first-order valence-electron chi connectivity index (χ1n) is 16.9. The maximum atomic E-state index is 15.0. The summed E-state index contributed by atoms with van der Waals surface area (Å²) in [6.07, 6.45) is 5.97. The van der Waals surface area contributed by atoms with Gasteiger partial charge in [-0.25, -0.2) is 0 Å². The highest BCUT2D eigenvalue weighted by molar-refractivity contribution is 6.03. The summed E-state index contributed by atoms with van der Waals surface area (Å²) in [6, 6.07) is 14.6. The van der Waals surface area contributed by atoms with E-state index in [0.29, 0.717) is 43.0 Å². The molecule has 3 fully saturated rings. The Bertz CT molecular complexity index is 1460. The van der Waals surface area contributed by atoms with Gasteiger partial charge in [0.2, 0.25) is 17.7 Å². The molecule has 3 amide bonds. The fourth-order valence-electron chi connectivity index (χ4n) is 8.25. The van der Waals surface area contributed by atoms with Crippen LogP contribution in [0.1, 0.15) is 65.0 Å². The van der Waals surface area contributed by atoms with Gasteiger partial charge in [0, 0.05) is 24.8 Å². The lowest BCUT2D eigenvalue weighted by Crippen LogP contribution is -2.58. The summed E-state index contributed by atoms with van der Waals surface area (Å²) in [7, 11) is 0. The van der Waals surface area contributed by atoms with Crippen molar-refractivity contribution >= 4 is 23.4 Å². The van der Waals surface area contributed by atoms with Crippen molar-refractivity contribution in [3.8, 4) is 5.75 Å². The van der Waals surface area contributed by atoms with Gasteiger partial charge in [0.25, 0.3) is 0 Å². The lowest BCUT2D eigenvalue weighted by Gasteiger charge is -2.41. The molecule has 2 aromatic rings. The van der Waals surface area contributed by atoms with E-state index in [-0.39, 0.29) is 36.9 Å². The van der Waals surface area contributed by atoms with E-state index in [2.05, 4.69) is 20.1 Å². The van der Waals surface area contributed by atoms with Crippen molar-refractivity contribution in [2.24, 2.45) is 11.8 Å². The molecule has 0 radical (unpaired) electrons. The molecule has 47 heavy (non-hydrogen) atoms. The quantitative estimate of drug-likeness (QED) is 0.265. The Kier molecular flexibility index (Phi) is 10.3. The molecule has 252 valence electrons. The van der Waals surface area contributed by atoms with E-state index in [0.717, 1.165) is 12.8 Å². The summed E-state index contributed by atoms with van der Waals surface area (Å²) in [6.45, 7) is 16.4. The molecule has 0 saturated carbocycles. The smallest absolute Gasteiger partial charge is 0.248 e. The maximum Gasteiger partial charge on any atom is 0.248 e. The van der Waals surface area contributed by atoms with Crippen LogP contribution in [0.15, 0.2) is 79.9 Å². The molecule has 7 atom stereocenters. The van der Waals surface area contributed by atoms with Crippen molar-refractivity contribution in [2.75, 3.05) is 31.2 Å². The standard InChI is InChI=1S/C38H49N3O6/c1-7-14-26(5)39(23-8-2)36(45)33-38-22-21-37(6,47-38)31(32(38)35(44)41(33)30(25-42)27-15-12-11-13-16-27)34(43)40(24-9-3)28-17-19-29(20-18-28)46-10-4/h8-9,11-13,15-20,26,30-33,42H,2-3,7,10,14,21-25H2,1,4-6H3/t26?,30-,31+,32+,33?,37-,38?/m1/s1. The topological polar surface area (TPSA) is 99.6 Å². The molecule has 1 spiro atoms. The molecule has 0 aliphatic carbocycles. The molecule has 9 nitrogen and oxygen atoms in total. The number of rotatable bonds is 15. The largest absolute Gasteiger partial charge is 0.494 e. The number of aliphatic hydroxyl groups is 1. The number of nitrogens with zero attached hydrogens (tertiary/aromatic N) is 3. The third kappa shape index (κ3) is 5.89. The van der Waals surface area contributed by atoms with Gasteiger partial charge in [-0.2, -0.15) is 0 Å². The molecular weight excluding hydrogens is 594 g/mol. The Morgan fingerprint density at radius 2 is 1.74 bits per heavy atom. The minimum absolute atomic E-state index is 0.114. The molecule has 3 unspecified atom stereocenters. The third-order valence-corrected chi connectivity index (χ3v) is 10.3. The van der Waals surface area contributed by atoms with Gasteiger partial charge in [-0.05, 0) is 69.9 Å². The highest BCUT2D eigenvalue weighted by Crippen LogP contribution is 2.64. The number of amides is 3. The maximum absolute atomic E-state index is 15.0. The molecule has 2 bridgehead atoms. The van der Waals surface area contributed by atoms with E-state index < -0.39 is 35.1 Å². The molecule has 3 aliphatic rings. The first kappa shape index (κ1) is 34.4. The third-order valence-electron chi connectivity index (χ3n) is 10.3. The summed E-state index contributed by atoms with van der Waals surface area (Å²) < 4.78 is 12.6. The number of fused-ring (bicyclic) bond motifs is 1. The number of likely N-dealkylation sites (tertiary alicyclic amines) is 1. The van der Waals surface area contributed by atoms with E-state index in [4.69, 9.17) is 9.47 Å². The molecule has 3 aliphatic heterocycles. The normalized spacial score (nSPS) is 27.2. The van der Waals surface area contributed by atoms with E-state index in [1.54, 1.807) is 22.0 Å². The second-order valence-electron chi connectivity index (χ2n) is 13.2. The minimum atomic E-state index is -1.24. The summed E-state index contributed by atoms with van der Waals surface area (Å²) in [5.41, 5.74) is -0.848. The highest BCUT2D eigenvalue weighted by Gasteiger charge is 2.79. The molecule has 3 heterocycles. The van der Waals surface area contributed by atoms with Crippen LogP contribution in [0, 0.1) is 11.8 Å². The number of carbonyl (C=O) groups is 3. The van der Waals surface area contributed by atoms with Crippen LogP contribution in [0.25, 0.3) is 0 Å². The Hall–Kier alpha value is -3.95. The van der Waals surface area contributed by atoms with Gasteiger partial charge in [0.15, 0.2) is 0 Å². The van der Waals surface area contributed by atoms with Gasteiger partial charge in [-0.3, -0.25) is 14.4 Å². The van der Waals surface area contributed by atoms with Gasteiger partial charge in [0.1, 0.15) is 17.4 Å². The Balaban J connectivity index is 1.63. The molecule has 3 saturated heterocycles. The van der Waals surface area contributed by atoms with Crippen molar-refractivity contribution in [3.05, 3.63) is 85.5 Å². The summed E-state index contributed by atoms with van der Waals surface area (Å²) in [5.74, 6) is -1.93. The number of benzene rings is 2.